The van der Waals surface area contributed by atoms with Crippen LogP contribution in [0.25, 0.3) is 199 Å². The maximum absolute atomic E-state index is 6.95. The summed E-state index contributed by atoms with van der Waals surface area (Å²) in [7, 11) is -0.364. The zero-order valence-electron chi connectivity index (χ0n) is 67.3. The fourth-order valence-electron chi connectivity index (χ4n) is 17.2. The Kier molecular flexibility index (Phi) is 19.3. The van der Waals surface area contributed by atoms with E-state index in [1.165, 1.54) is 76.1 Å². The quantitative estimate of drug-likeness (QED) is 0.107. The molecule has 22 aromatic rings. The molecule has 0 bridgehead atoms. The van der Waals surface area contributed by atoms with Crippen molar-refractivity contribution < 1.29 is 9.31 Å². The first-order valence-corrected chi connectivity index (χ1v) is 41.2. The lowest BCUT2D eigenvalue weighted by atomic mass is 9.79. The SMILES string of the molecule is CC1(C)OB(c2ccc(-n3c(-c4ccccc4)nc4ccccc43)cc2)OC1(C)C.Clc1cc(-c2ccc3ccccc3c2)nc2c1cc(-c1ccc3ccccc3c1)c1ccccc12.N.c1ccc(-c2nc3ccccc3n2-c2ccc(-c3cc(-c4ccc5ccccc5c4)nc4c3cc(-c3ccc5ccccc5c3)c3ccccc34)cc2)cc1. The Morgan fingerprint density at radius 2 is 0.595 bits per heavy atom. The summed E-state index contributed by atoms with van der Waals surface area (Å²) in [4.78, 5) is 20.6. The lowest BCUT2D eigenvalue weighted by Crippen LogP contribution is -2.41. The molecule has 578 valence electrons. The first kappa shape index (κ1) is 75.3. The number of aromatic nitrogens is 6. The van der Waals surface area contributed by atoms with Gasteiger partial charge >= 0.3 is 7.12 Å². The van der Waals surface area contributed by atoms with Crippen molar-refractivity contribution in [1.82, 2.24) is 35.2 Å². The highest BCUT2D eigenvalue weighted by atomic mass is 35.5. The zero-order valence-corrected chi connectivity index (χ0v) is 68.0. The minimum atomic E-state index is -0.364. The first-order chi connectivity index (χ1) is 58.8. The standard InChI is InChI=1S/C52H33N3.C33H20ClN.C25H25BN2O2.H3N/c1-2-14-37(15-3-1)52-54-48-20-10-11-21-50(48)55(52)42-28-26-36(27-29-42)46-33-49(41-25-23-35-13-5-7-17-39(35)31-41)53-51-44-19-9-8-18-43(44)45(32-47(46)51)40-24-22-34-12-4-6-16-38(34)30-40;34-31-20-32(26-16-14-22-8-2-4-10-24(22)18-26)35-33-28-12-6-5-11-27(28)29(19-30(31)33)25-15-13-21-7-1-3-9-23(21)17-25;1-24(2)25(3,4)30-26(29-24)19-14-16-20(17-15-19)28-22-13-9-8-12-21(22)27-23(28)18-10-6-5-7-11-18;/h1-33H;1-20H;5-17H,1-4H3;1H3. The van der Waals surface area contributed by atoms with Gasteiger partial charge in [0.25, 0.3) is 0 Å². The van der Waals surface area contributed by atoms with E-state index in [0.29, 0.717) is 5.02 Å². The number of nitrogens with zero attached hydrogens (tertiary/aromatic N) is 6. The van der Waals surface area contributed by atoms with E-state index in [0.717, 1.165) is 128 Å². The number of rotatable bonds is 10. The molecule has 0 unspecified atom stereocenters. The zero-order chi connectivity index (χ0) is 80.6. The van der Waals surface area contributed by atoms with Crippen molar-refractivity contribution in [2.45, 2.75) is 38.9 Å². The third-order valence-electron chi connectivity index (χ3n) is 24.1. The maximum Gasteiger partial charge on any atom is 0.494 e. The molecule has 0 saturated carbocycles. The molecule has 23 rings (SSSR count). The van der Waals surface area contributed by atoms with Gasteiger partial charge in [-0.2, -0.15) is 0 Å². The van der Waals surface area contributed by atoms with Crippen LogP contribution in [0.3, 0.4) is 0 Å². The number of imidazole rings is 2. The second kappa shape index (κ2) is 31.1. The monoisotopic (exact) mass is 1580 g/mol. The van der Waals surface area contributed by atoms with Crippen LogP contribution in [0.5, 0.6) is 0 Å². The summed E-state index contributed by atoms with van der Waals surface area (Å²) in [6.07, 6.45) is 0. The summed E-state index contributed by atoms with van der Waals surface area (Å²) in [6, 6.07) is 141. The van der Waals surface area contributed by atoms with Gasteiger partial charge in [0.1, 0.15) is 11.6 Å². The van der Waals surface area contributed by atoms with Gasteiger partial charge in [0.05, 0.1) is 60.7 Å². The third-order valence-corrected chi connectivity index (χ3v) is 24.4. The highest BCUT2D eigenvalue weighted by Crippen LogP contribution is 2.45. The summed E-state index contributed by atoms with van der Waals surface area (Å²) >= 11 is 6.95. The van der Waals surface area contributed by atoms with Crippen molar-refractivity contribution in [1.29, 1.82) is 0 Å². The van der Waals surface area contributed by atoms with Crippen molar-refractivity contribution in [2.24, 2.45) is 0 Å². The van der Waals surface area contributed by atoms with Crippen LogP contribution in [-0.4, -0.2) is 47.4 Å². The fraction of sp³-hybridized carbons (Fsp3) is 0.0545. The Morgan fingerprint density at radius 3 is 1.04 bits per heavy atom. The van der Waals surface area contributed by atoms with E-state index >= 15 is 0 Å². The Balaban J connectivity index is 0.000000122. The van der Waals surface area contributed by atoms with Gasteiger partial charge in [0.15, 0.2) is 0 Å². The molecule has 0 amide bonds. The van der Waals surface area contributed by atoms with Gasteiger partial charge in [-0.1, -0.05) is 315 Å². The van der Waals surface area contributed by atoms with Crippen molar-refractivity contribution in [2.75, 3.05) is 0 Å². The Morgan fingerprint density at radius 1 is 0.264 bits per heavy atom. The van der Waals surface area contributed by atoms with Crippen LogP contribution in [0.4, 0.5) is 0 Å². The molecule has 0 atom stereocenters. The van der Waals surface area contributed by atoms with E-state index in [4.69, 9.17) is 40.8 Å². The number of halogens is 1. The molecule has 18 aromatic carbocycles. The van der Waals surface area contributed by atoms with E-state index in [1.807, 2.05) is 42.5 Å². The van der Waals surface area contributed by atoms with Crippen LogP contribution >= 0.6 is 11.6 Å². The van der Waals surface area contributed by atoms with Crippen molar-refractivity contribution in [3.63, 3.8) is 0 Å². The first-order valence-electron chi connectivity index (χ1n) is 40.8. The number of pyridine rings is 2. The van der Waals surface area contributed by atoms with Gasteiger partial charge in [-0.25, -0.2) is 19.9 Å². The van der Waals surface area contributed by atoms with Crippen molar-refractivity contribution in [3.8, 4) is 90.0 Å². The molecule has 11 heteroatoms. The Labute approximate surface area is 706 Å². The predicted molar refractivity (Wildman–Crippen MR) is 508 cm³/mol. The van der Waals surface area contributed by atoms with Crippen LogP contribution in [-0.2, 0) is 9.31 Å². The van der Waals surface area contributed by atoms with Crippen molar-refractivity contribution in [3.05, 3.63) is 405 Å². The fourth-order valence-corrected chi connectivity index (χ4v) is 17.4. The summed E-state index contributed by atoms with van der Waals surface area (Å²) in [5, 5.41) is 17.2. The second-order valence-electron chi connectivity index (χ2n) is 32.0. The Hall–Kier alpha value is -14.5. The van der Waals surface area contributed by atoms with Crippen LogP contribution in [0.2, 0.25) is 5.02 Å². The van der Waals surface area contributed by atoms with Gasteiger partial charge in [0, 0.05) is 55.2 Å². The molecule has 0 spiro atoms. The molecule has 9 nitrogen and oxygen atoms in total. The van der Waals surface area contributed by atoms with Crippen molar-refractivity contribution >= 4 is 133 Å². The number of benzene rings is 18. The molecule has 1 aliphatic rings. The van der Waals surface area contributed by atoms with E-state index in [2.05, 4.69) is 395 Å². The molecule has 1 saturated heterocycles. The summed E-state index contributed by atoms with van der Waals surface area (Å²) < 4.78 is 16.9. The molecule has 5 heterocycles. The van der Waals surface area contributed by atoms with Gasteiger partial charge in [0.2, 0.25) is 0 Å². The normalized spacial score (nSPS) is 13.0. The largest absolute Gasteiger partial charge is 0.494 e. The average molecular weight is 1580 g/mol. The van der Waals surface area contributed by atoms with Gasteiger partial charge in [-0.3, -0.25) is 9.13 Å². The summed E-state index contributed by atoms with van der Waals surface area (Å²) in [5.41, 5.74) is 21.6. The maximum atomic E-state index is 6.95. The van der Waals surface area contributed by atoms with E-state index in [-0.39, 0.29) is 24.5 Å². The smallest absolute Gasteiger partial charge is 0.399 e. The van der Waals surface area contributed by atoms with E-state index < -0.39 is 0 Å². The molecule has 3 N–H and O–H groups in total. The topological polar surface area (TPSA) is 115 Å². The molecule has 121 heavy (non-hydrogen) atoms. The minimum Gasteiger partial charge on any atom is -0.399 e. The summed E-state index contributed by atoms with van der Waals surface area (Å²) in [5.74, 6) is 1.86. The number of fused-ring (bicyclic) bond motifs is 12. The van der Waals surface area contributed by atoms with Crippen LogP contribution < -0.4 is 11.6 Å². The number of hydrogen-bond donors (Lipinski definition) is 1. The summed E-state index contributed by atoms with van der Waals surface area (Å²) in [6.45, 7) is 8.30. The highest BCUT2D eigenvalue weighted by Gasteiger charge is 2.51. The minimum absolute atomic E-state index is 0. The van der Waals surface area contributed by atoms with Gasteiger partial charge in [-0.05, 0) is 217 Å². The molecule has 0 radical (unpaired) electrons. The van der Waals surface area contributed by atoms with Gasteiger partial charge < -0.3 is 15.5 Å². The molecular weight excluding hydrogens is 1500 g/mol. The van der Waals surface area contributed by atoms with E-state index in [1.54, 1.807) is 0 Å². The van der Waals surface area contributed by atoms with Gasteiger partial charge in [-0.15, -0.1) is 0 Å². The van der Waals surface area contributed by atoms with E-state index in [9.17, 15) is 0 Å². The number of hydrogen-bond acceptors (Lipinski definition) is 7. The molecule has 1 aliphatic heterocycles. The Bertz CT molecular complexity index is 7740. The highest BCUT2D eigenvalue weighted by molar-refractivity contribution is 6.62. The molecule has 1 fully saturated rings. The molecule has 0 aliphatic carbocycles. The molecule has 4 aromatic heterocycles. The van der Waals surface area contributed by atoms with Crippen LogP contribution in [0.1, 0.15) is 27.7 Å². The average Bonchev–Trinajstić information content (AvgIpc) is 1.60. The van der Waals surface area contributed by atoms with Crippen LogP contribution in [0.15, 0.2) is 400 Å². The third kappa shape index (κ3) is 14.0. The second-order valence-corrected chi connectivity index (χ2v) is 32.4. The number of para-hydroxylation sites is 4. The molecular formula is C110H81BClN7O2. The lowest BCUT2D eigenvalue weighted by molar-refractivity contribution is 0.00578. The lowest BCUT2D eigenvalue weighted by Gasteiger charge is -2.32. The van der Waals surface area contributed by atoms with Crippen LogP contribution in [0, 0.1) is 0 Å². The predicted octanol–water partition coefficient (Wildman–Crippen LogP) is 28.5.